The van der Waals surface area contributed by atoms with Gasteiger partial charge in [-0.15, -0.1) is 0 Å². The Bertz CT molecular complexity index is 941. The van der Waals surface area contributed by atoms with Crippen molar-refractivity contribution in [2.75, 3.05) is 5.32 Å². The molecule has 0 unspecified atom stereocenters. The van der Waals surface area contributed by atoms with Gasteiger partial charge in [0.2, 0.25) is 5.91 Å². The average Bonchev–Trinajstić information content (AvgIpc) is 3.34. The van der Waals surface area contributed by atoms with Crippen LogP contribution in [0.25, 0.3) is 5.65 Å². The average molecular weight is 321 g/mol. The summed E-state index contributed by atoms with van der Waals surface area (Å²) in [5, 5.41) is 7.06. The van der Waals surface area contributed by atoms with Crippen molar-refractivity contribution in [2.24, 2.45) is 5.73 Å². The van der Waals surface area contributed by atoms with Crippen molar-refractivity contribution in [2.45, 2.75) is 18.8 Å². The van der Waals surface area contributed by atoms with Gasteiger partial charge in [0, 0.05) is 17.2 Å². The summed E-state index contributed by atoms with van der Waals surface area (Å²) in [6.45, 7) is 0. The summed E-state index contributed by atoms with van der Waals surface area (Å²) in [6, 6.07) is 9.80. The third-order valence-electron chi connectivity index (χ3n) is 3.99. The molecule has 0 bridgehead atoms. The van der Waals surface area contributed by atoms with E-state index in [-0.39, 0.29) is 5.91 Å². The number of benzene rings is 1. The zero-order valence-electron chi connectivity index (χ0n) is 12.8. The summed E-state index contributed by atoms with van der Waals surface area (Å²) < 4.78 is 1.64. The lowest BCUT2D eigenvalue weighted by atomic mass is 10.2. The summed E-state index contributed by atoms with van der Waals surface area (Å²) in [5.74, 6) is -0.301. The summed E-state index contributed by atoms with van der Waals surface area (Å²) in [7, 11) is 0. The van der Waals surface area contributed by atoms with Gasteiger partial charge in [0.05, 0.1) is 11.9 Å². The molecule has 1 aliphatic carbocycles. The molecule has 1 saturated carbocycles. The molecule has 7 heteroatoms. The van der Waals surface area contributed by atoms with Crippen LogP contribution in [0.3, 0.4) is 0 Å². The van der Waals surface area contributed by atoms with Crippen molar-refractivity contribution < 1.29 is 9.59 Å². The summed E-state index contributed by atoms with van der Waals surface area (Å²) in [6.07, 6.45) is 4.21. The molecule has 7 nitrogen and oxygen atoms in total. The molecule has 2 aromatic heterocycles. The van der Waals surface area contributed by atoms with Crippen LogP contribution < -0.4 is 11.1 Å². The number of amides is 2. The Morgan fingerprint density at radius 2 is 1.88 bits per heavy atom. The molecule has 2 amide bonds. The zero-order chi connectivity index (χ0) is 16.7. The number of hydrogen-bond donors (Lipinski definition) is 2. The van der Waals surface area contributed by atoms with Gasteiger partial charge in [0.15, 0.2) is 5.65 Å². The number of carbonyl (C=O) groups excluding carboxylic acids is 2. The number of imidazole rings is 1. The number of nitrogens with two attached hydrogens (primary N) is 1. The van der Waals surface area contributed by atoms with Gasteiger partial charge in [-0.05, 0) is 49.2 Å². The Labute approximate surface area is 137 Å². The van der Waals surface area contributed by atoms with Crippen molar-refractivity contribution in [1.29, 1.82) is 0 Å². The van der Waals surface area contributed by atoms with Gasteiger partial charge < -0.3 is 11.1 Å². The maximum absolute atomic E-state index is 12.3. The number of hydrogen-bond acceptors (Lipinski definition) is 4. The lowest BCUT2D eigenvalue weighted by molar-refractivity contribution is 0.0997. The third-order valence-corrected chi connectivity index (χ3v) is 3.99. The van der Waals surface area contributed by atoms with E-state index in [4.69, 9.17) is 5.73 Å². The fourth-order valence-electron chi connectivity index (χ4n) is 2.51. The number of anilines is 1. The quantitative estimate of drug-likeness (QED) is 0.766. The highest BCUT2D eigenvalue weighted by Crippen LogP contribution is 2.39. The van der Waals surface area contributed by atoms with Crippen LogP contribution in [0.4, 0.5) is 5.69 Å². The molecule has 1 aromatic carbocycles. The smallest absolute Gasteiger partial charge is 0.276 e. The number of aromatic nitrogens is 3. The molecule has 1 fully saturated rings. The third kappa shape index (κ3) is 2.71. The fourth-order valence-corrected chi connectivity index (χ4v) is 2.51. The fraction of sp³-hybridized carbons (Fsp3) is 0.176. The molecule has 0 spiro atoms. The minimum absolute atomic E-state index is 0.293. The van der Waals surface area contributed by atoms with Gasteiger partial charge in [-0.2, -0.15) is 5.10 Å². The first-order valence-corrected chi connectivity index (χ1v) is 7.68. The van der Waals surface area contributed by atoms with E-state index in [1.165, 1.54) is 12.8 Å². The Balaban J connectivity index is 1.54. The number of fused-ring (bicyclic) bond motifs is 1. The molecule has 1 aliphatic rings. The van der Waals surface area contributed by atoms with E-state index in [1.807, 2.05) is 6.20 Å². The Kier molecular flexibility index (Phi) is 3.26. The van der Waals surface area contributed by atoms with Crippen LogP contribution in [0.1, 0.15) is 45.3 Å². The zero-order valence-corrected chi connectivity index (χ0v) is 12.8. The standard InChI is InChI=1S/C17H15N5O2/c18-16(23)11-3-5-12(6-4-11)19-17(24)13-7-8-15-20-14(10-1-2-10)9-22(15)21-13/h3-10H,1-2H2,(H2,18,23)(H,19,24). The molecule has 4 rings (SSSR count). The first kappa shape index (κ1) is 14.4. The second-order valence-corrected chi connectivity index (χ2v) is 5.86. The molecule has 0 saturated heterocycles. The van der Waals surface area contributed by atoms with Gasteiger partial charge in [-0.25, -0.2) is 9.50 Å². The van der Waals surface area contributed by atoms with Gasteiger partial charge in [0.1, 0.15) is 5.69 Å². The molecular formula is C17H15N5O2. The minimum atomic E-state index is -0.508. The van der Waals surface area contributed by atoms with Gasteiger partial charge in [-0.3, -0.25) is 9.59 Å². The SMILES string of the molecule is NC(=O)c1ccc(NC(=O)c2ccc3nc(C4CC4)cn3n2)cc1. The highest BCUT2D eigenvalue weighted by atomic mass is 16.2. The van der Waals surface area contributed by atoms with Crippen LogP contribution in [0.2, 0.25) is 0 Å². The lowest BCUT2D eigenvalue weighted by Crippen LogP contribution is -2.15. The van der Waals surface area contributed by atoms with Crippen molar-refractivity contribution in [1.82, 2.24) is 14.6 Å². The highest BCUT2D eigenvalue weighted by Gasteiger charge is 2.26. The molecule has 3 N–H and O–H groups in total. The molecule has 24 heavy (non-hydrogen) atoms. The van der Waals surface area contributed by atoms with E-state index in [1.54, 1.807) is 40.9 Å². The summed E-state index contributed by atoms with van der Waals surface area (Å²) >= 11 is 0. The monoisotopic (exact) mass is 321 g/mol. The first-order chi connectivity index (χ1) is 11.6. The van der Waals surface area contributed by atoms with Crippen LogP contribution >= 0.6 is 0 Å². The number of nitrogens with one attached hydrogen (secondary N) is 1. The van der Waals surface area contributed by atoms with E-state index in [0.717, 1.165) is 11.3 Å². The number of carbonyl (C=O) groups is 2. The second kappa shape index (κ2) is 5.45. The van der Waals surface area contributed by atoms with Crippen molar-refractivity contribution in [3.63, 3.8) is 0 Å². The highest BCUT2D eigenvalue weighted by molar-refractivity contribution is 6.03. The normalized spacial score (nSPS) is 13.8. The van der Waals surface area contributed by atoms with Crippen molar-refractivity contribution >= 4 is 23.1 Å². The maximum atomic E-state index is 12.3. The summed E-state index contributed by atoms with van der Waals surface area (Å²) in [4.78, 5) is 27.9. The van der Waals surface area contributed by atoms with E-state index in [0.29, 0.717) is 22.9 Å². The van der Waals surface area contributed by atoms with Gasteiger partial charge in [-0.1, -0.05) is 0 Å². The molecular weight excluding hydrogens is 306 g/mol. The predicted molar refractivity (Wildman–Crippen MR) is 87.9 cm³/mol. The van der Waals surface area contributed by atoms with Crippen LogP contribution in [0.15, 0.2) is 42.6 Å². The van der Waals surface area contributed by atoms with Crippen molar-refractivity contribution in [3.8, 4) is 0 Å². The topological polar surface area (TPSA) is 102 Å². The van der Waals surface area contributed by atoms with Crippen molar-refractivity contribution in [3.05, 3.63) is 59.5 Å². The Morgan fingerprint density at radius 3 is 2.54 bits per heavy atom. The van der Waals surface area contributed by atoms with E-state index in [2.05, 4.69) is 15.4 Å². The molecule has 3 aromatic rings. The minimum Gasteiger partial charge on any atom is -0.366 e. The molecule has 2 heterocycles. The molecule has 0 radical (unpaired) electrons. The number of rotatable bonds is 4. The van der Waals surface area contributed by atoms with Crippen LogP contribution in [-0.4, -0.2) is 26.4 Å². The van der Waals surface area contributed by atoms with Gasteiger partial charge >= 0.3 is 0 Å². The van der Waals surface area contributed by atoms with Gasteiger partial charge in [0.25, 0.3) is 5.91 Å². The lowest BCUT2D eigenvalue weighted by Gasteiger charge is -2.05. The Hall–Kier alpha value is -3.22. The van der Waals surface area contributed by atoms with E-state index < -0.39 is 5.91 Å². The number of nitrogens with zero attached hydrogens (tertiary/aromatic N) is 3. The van der Waals surface area contributed by atoms with E-state index in [9.17, 15) is 9.59 Å². The largest absolute Gasteiger partial charge is 0.366 e. The molecule has 120 valence electrons. The first-order valence-electron chi connectivity index (χ1n) is 7.68. The maximum Gasteiger partial charge on any atom is 0.276 e. The molecule has 0 atom stereocenters. The Morgan fingerprint density at radius 1 is 1.12 bits per heavy atom. The van der Waals surface area contributed by atoms with Crippen LogP contribution in [0, 0.1) is 0 Å². The number of primary amides is 1. The predicted octanol–water partition coefficient (Wildman–Crippen LogP) is 1.96. The van der Waals surface area contributed by atoms with E-state index >= 15 is 0 Å². The summed E-state index contributed by atoms with van der Waals surface area (Å²) in [5.41, 5.74) is 8.20. The molecule has 0 aliphatic heterocycles. The van der Waals surface area contributed by atoms with Crippen LogP contribution in [-0.2, 0) is 0 Å². The second-order valence-electron chi connectivity index (χ2n) is 5.86. The van der Waals surface area contributed by atoms with Crippen LogP contribution in [0.5, 0.6) is 0 Å².